The lowest BCUT2D eigenvalue weighted by molar-refractivity contribution is 0.102. The third kappa shape index (κ3) is 4.65. The van der Waals surface area contributed by atoms with Crippen LogP contribution in [0.25, 0.3) is 11.5 Å². The van der Waals surface area contributed by atoms with E-state index in [1.54, 1.807) is 29.8 Å². The van der Waals surface area contributed by atoms with Gasteiger partial charge in [-0.3, -0.25) is 10.1 Å². The van der Waals surface area contributed by atoms with E-state index in [4.69, 9.17) is 4.42 Å². The maximum atomic E-state index is 12.6. The van der Waals surface area contributed by atoms with Crippen molar-refractivity contribution in [2.45, 2.75) is 11.4 Å². The van der Waals surface area contributed by atoms with Crippen LogP contribution in [0.1, 0.15) is 15.9 Å². The van der Waals surface area contributed by atoms with Crippen molar-refractivity contribution in [2.24, 2.45) is 0 Å². The minimum atomic E-state index is -3.77. The monoisotopic (exact) mass is 439 g/mol. The Labute approximate surface area is 177 Å². The number of rotatable bonds is 7. The van der Waals surface area contributed by atoms with Gasteiger partial charge in [0, 0.05) is 17.5 Å². The number of benzene rings is 2. The molecule has 0 unspecified atom stereocenters. The van der Waals surface area contributed by atoms with Gasteiger partial charge in [-0.15, -0.1) is 11.3 Å². The molecule has 0 bridgehead atoms. The van der Waals surface area contributed by atoms with Crippen molar-refractivity contribution in [3.63, 3.8) is 0 Å². The fraction of sp³-hybridized carbons (Fsp3) is 0.0476. The van der Waals surface area contributed by atoms with E-state index >= 15 is 0 Å². The standard InChI is InChI=1S/C21H17N3O4S2/c25-20(24-21-23-18(14-29-21)19-10-5-11-28-19)16-8-4-9-17(12-16)30(26,27)22-13-15-6-2-1-3-7-15/h1-12,14,22H,13H2,(H,23,24,25). The Kier molecular flexibility index (Phi) is 5.75. The first-order chi connectivity index (χ1) is 14.5. The summed E-state index contributed by atoms with van der Waals surface area (Å²) < 4.78 is 33.1. The molecule has 7 nitrogen and oxygen atoms in total. The second-order valence-corrected chi connectivity index (χ2v) is 8.93. The number of hydrogen-bond acceptors (Lipinski definition) is 6. The second-order valence-electron chi connectivity index (χ2n) is 6.31. The van der Waals surface area contributed by atoms with Crippen LogP contribution in [0.5, 0.6) is 0 Å². The first-order valence-electron chi connectivity index (χ1n) is 8.96. The first-order valence-corrected chi connectivity index (χ1v) is 11.3. The van der Waals surface area contributed by atoms with Crippen molar-refractivity contribution >= 4 is 32.4 Å². The summed E-state index contributed by atoms with van der Waals surface area (Å²) in [5.74, 6) is 0.153. The largest absolute Gasteiger partial charge is 0.463 e. The highest BCUT2D eigenvalue weighted by Gasteiger charge is 2.17. The minimum absolute atomic E-state index is 0.0153. The summed E-state index contributed by atoms with van der Waals surface area (Å²) in [6, 6.07) is 18.6. The van der Waals surface area contributed by atoms with Crippen molar-refractivity contribution in [3.05, 3.63) is 89.5 Å². The predicted molar refractivity (Wildman–Crippen MR) is 115 cm³/mol. The fourth-order valence-electron chi connectivity index (χ4n) is 2.70. The molecule has 9 heteroatoms. The average Bonchev–Trinajstić information content (AvgIpc) is 3.45. The highest BCUT2D eigenvalue weighted by molar-refractivity contribution is 7.89. The molecule has 0 aliphatic carbocycles. The van der Waals surface area contributed by atoms with E-state index in [0.29, 0.717) is 16.6 Å². The summed E-state index contributed by atoms with van der Waals surface area (Å²) in [5, 5.41) is 4.85. The molecule has 30 heavy (non-hydrogen) atoms. The second kappa shape index (κ2) is 8.62. The predicted octanol–water partition coefficient (Wildman–Crippen LogP) is 4.13. The van der Waals surface area contributed by atoms with Crippen LogP contribution >= 0.6 is 11.3 Å². The van der Waals surface area contributed by atoms with Gasteiger partial charge < -0.3 is 4.42 Å². The van der Waals surface area contributed by atoms with Gasteiger partial charge in [0.25, 0.3) is 5.91 Å². The lowest BCUT2D eigenvalue weighted by Gasteiger charge is -2.08. The fourth-order valence-corrected chi connectivity index (χ4v) is 4.46. The molecule has 4 aromatic rings. The number of carbonyl (C=O) groups excluding carboxylic acids is 1. The van der Waals surface area contributed by atoms with Crippen LogP contribution in [0.15, 0.2) is 87.7 Å². The Balaban J connectivity index is 1.46. The van der Waals surface area contributed by atoms with E-state index in [9.17, 15) is 13.2 Å². The zero-order valence-corrected chi connectivity index (χ0v) is 17.2. The van der Waals surface area contributed by atoms with Gasteiger partial charge in [0.1, 0.15) is 5.69 Å². The molecule has 1 amide bonds. The zero-order valence-electron chi connectivity index (χ0n) is 15.6. The van der Waals surface area contributed by atoms with Crippen LogP contribution in [0.2, 0.25) is 0 Å². The number of carbonyl (C=O) groups is 1. The Bertz CT molecular complexity index is 1250. The van der Waals surface area contributed by atoms with Crippen LogP contribution < -0.4 is 10.0 Å². The Morgan fingerprint density at radius 3 is 2.63 bits per heavy atom. The smallest absolute Gasteiger partial charge is 0.257 e. The van der Waals surface area contributed by atoms with Crippen LogP contribution in [0.4, 0.5) is 5.13 Å². The molecule has 0 saturated heterocycles. The normalized spacial score (nSPS) is 11.3. The van der Waals surface area contributed by atoms with Gasteiger partial charge in [-0.25, -0.2) is 18.1 Å². The van der Waals surface area contributed by atoms with Crippen molar-refractivity contribution in [2.75, 3.05) is 5.32 Å². The van der Waals surface area contributed by atoms with Gasteiger partial charge in [-0.1, -0.05) is 36.4 Å². The molecule has 0 fully saturated rings. The summed E-state index contributed by atoms with van der Waals surface area (Å²) in [4.78, 5) is 16.9. The van der Waals surface area contributed by atoms with Crippen molar-refractivity contribution in [3.8, 4) is 11.5 Å². The van der Waals surface area contributed by atoms with E-state index in [0.717, 1.165) is 5.56 Å². The quantitative estimate of drug-likeness (QED) is 0.451. The third-order valence-corrected chi connectivity index (χ3v) is 6.37. The van der Waals surface area contributed by atoms with Gasteiger partial charge in [-0.05, 0) is 35.9 Å². The molecule has 0 aliphatic rings. The number of anilines is 1. The van der Waals surface area contributed by atoms with Crippen molar-refractivity contribution in [1.29, 1.82) is 0 Å². The number of aromatic nitrogens is 1. The lowest BCUT2D eigenvalue weighted by Crippen LogP contribution is -2.23. The molecule has 0 atom stereocenters. The molecule has 2 heterocycles. The summed E-state index contributed by atoms with van der Waals surface area (Å²) in [5.41, 5.74) is 1.67. The molecule has 0 radical (unpaired) electrons. The summed E-state index contributed by atoms with van der Waals surface area (Å²) >= 11 is 1.25. The molecule has 152 valence electrons. The van der Waals surface area contributed by atoms with Gasteiger partial charge in [0.05, 0.1) is 11.2 Å². The van der Waals surface area contributed by atoms with Crippen LogP contribution in [-0.4, -0.2) is 19.3 Å². The molecule has 0 spiro atoms. The van der Waals surface area contributed by atoms with E-state index in [1.807, 2.05) is 30.3 Å². The number of thiazole rings is 1. The Morgan fingerprint density at radius 1 is 1.03 bits per heavy atom. The van der Waals surface area contributed by atoms with E-state index in [-0.39, 0.29) is 17.0 Å². The molecular formula is C21H17N3O4S2. The molecular weight excluding hydrogens is 422 g/mol. The van der Waals surface area contributed by atoms with Crippen LogP contribution in [0.3, 0.4) is 0 Å². The molecule has 4 rings (SSSR count). The lowest BCUT2D eigenvalue weighted by atomic mass is 10.2. The molecule has 2 N–H and O–H groups in total. The third-order valence-electron chi connectivity index (χ3n) is 4.21. The van der Waals surface area contributed by atoms with Crippen molar-refractivity contribution < 1.29 is 17.6 Å². The highest BCUT2D eigenvalue weighted by Crippen LogP contribution is 2.25. The summed E-state index contributed by atoms with van der Waals surface area (Å²) in [6.07, 6.45) is 1.55. The summed E-state index contributed by atoms with van der Waals surface area (Å²) in [6.45, 7) is 0.161. The van der Waals surface area contributed by atoms with Crippen molar-refractivity contribution in [1.82, 2.24) is 9.71 Å². The average molecular weight is 440 g/mol. The molecule has 0 aliphatic heterocycles. The number of furan rings is 1. The van der Waals surface area contributed by atoms with E-state index in [1.165, 1.54) is 29.5 Å². The SMILES string of the molecule is O=C(Nc1nc(-c2ccco2)cs1)c1cccc(S(=O)(=O)NCc2ccccc2)c1. The number of hydrogen-bond donors (Lipinski definition) is 2. The van der Waals surface area contributed by atoms with Crippen LogP contribution in [0, 0.1) is 0 Å². The first kappa shape index (κ1) is 20.0. The topological polar surface area (TPSA) is 101 Å². The Hall–Kier alpha value is -3.27. The van der Waals surface area contributed by atoms with Crippen LogP contribution in [-0.2, 0) is 16.6 Å². The molecule has 2 aromatic heterocycles. The zero-order chi connectivity index (χ0) is 21.0. The Morgan fingerprint density at radius 2 is 1.87 bits per heavy atom. The van der Waals surface area contributed by atoms with Gasteiger partial charge in [0.15, 0.2) is 10.9 Å². The van der Waals surface area contributed by atoms with Gasteiger partial charge in [0.2, 0.25) is 10.0 Å². The van der Waals surface area contributed by atoms with Gasteiger partial charge >= 0.3 is 0 Å². The molecule has 2 aromatic carbocycles. The number of sulfonamides is 1. The minimum Gasteiger partial charge on any atom is -0.463 e. The maximum Gasteiger partial charge on any atom is 0.257 e. The van der Waals surface area contributed by atoms with E-state index in [2.05, 4.69) is 15.0 Å². The number of amides is 1. The van der Waals surface area contributed by atoms with Gasteiger partial charge in [-0.2, -0.15) is 0 Å². The number of nitrogens with one attached hydrogen (secondary N) is 2. The maximum absolute atomic E-state index is 12.6. The summed E-state index contributed by atoms with van der Waals surface area (Å²) in [7, 11) is -3.77. The highest BCUT2D eigenvalue weighted by atomic mass is 32.2. The van der Waals surface area contributed by atoms with E-state index < -0.39 is 15.9 Å². The molecule has 0 saturated carbocycles. The number of nitrogens with zero attached hydrogens (tertiary/aromatic N) is 1.